The van der Waals surface area contributed by atoms with Crippen molar-refractivity contribution in [1.29, 1.82) is 0 Å². The number of fused-ring (bicyclic) bond motifs is 2. The van der Waals surface area contributed by atoms with Gasteiger partial charge in [-0.15, -0.1) is 0 Å². The van der Waals surface area contributed by atoms with Crippen molar-refractivity contribution in [3.05, 3.63) is 69.9 Å². The van der Waals surface area contributed by atoms with Crippen molar-refractivity contribution in [3.63, 3.8) is 0 Å². The minimum Gasteiger partial charge on any atom is -0.333 e. The Labute approximate surface area is 156 Å². The van der Waals surface area contributed by atoms with Crippen LogP contribution < -0.4 is 5.56 Å². The van der Waals surface area contributed by atoms with Crippen LogP contribution in [0.2, 0.25) is 0 Å². The average molecular weight is 367 g/mol. The highest BCUT2D eigenvalue weighted by Gasteiger charge is 2.54. The quantitative estimate of drug-likeness (QED) is 0.886. The zero-order chi connectivity index (χ0) is 18.5. The van der Waals surface area contributed by atoms with Gasteiger partial charge in [0.25, 0.3) is 5.91 Å². The van der Waals surface area contributed by atoms with Crippen LogP contribution in [0.1, 0.15) is 34.7 Å². The van der Waals surface area contributed by atoms with Gasteiger partial charge in [-0.2, -0.15) is 0 Å². The molecule has 4 saturated heterocycles. The molecule has 1 aromatic carbocycles. The minimum atomic E-state index is -0.236. The number of rotatable bonds is 2. The smallest absolute Gasteiger partial charge is 0.255 e. The van der Waals surface area contributed by atoms with Crippen molar-refractivity contribution in [2.45, 2.75) is 30.8 Å². The number of benzene rings is 1. The molecule has 4 aliphatic heterocycles. The number of carbonyl (C=O) groups is 1. The summed E-state index contributed by atoms with van der Waals surface area (Å²) in [5.74, 6) is 0.433. The number of pyridine rings is 1. The third-order valence-corrected chi connectivity index (χ3v) is 6.58. The van der Waals surface area contributed by atoms with Gasteiger partial charge < -0.3 is 9.88 Å². The number of amides is 1. The topological polar surface area (TPSA) is 56.4 Å². The molecule has 3 atom stereocenters. The number of nitrogens with zero attached hydrogens (tertiary/aromatic N) is 2. The van der Waals surface area contributed by atoms with Crippen LogP contribution in [0.15, 0.2) is 47.4 Å². The van der Waals surface area contributed by atoms with Crippen molar-refractivity contribution >= 4 is 5.91 Å². The molecule has 0 spiro atoms. The van der Waals surface area contributed by atoms with E-state index >= 15 is 0 Å². The zero-order valence-corrected chi connectivity index (χ0v) is 15.0. The Morgan fingerprint density at radius 2 is 1.78 bits per heavy atom. The molecule has 2 bridgehead atoms. The summed E-state index contributed by atoms with van der Waals surface area (Å²) in [5, 5.41) is 0. The molecule has 27 heavy (non-hydrogen) atoms. The fraction of sp³-hybridized carbons (Fsp3) is 0.429. The van der Waals surface area contributed by atoms with E-state index in [1.807, 2.05) is 17.0 Å². The van der Waals surface area contributed by atoms with Crippen LogP contribution in [0, 0.1) is 11.7 Å². The molecule has 0 aliphatic carbocycles. The first-order valence-corrected chi connectivity index (χ1v) is 9.61. The lowest BCUT2D eigenvalue weighted by molar-refractivity contribution is -0.00342. The lowest BCUT2D eigenvalue weighted by atomic mass is 9.75. The van der Waals surface area contributed by atoms with E-state index < -0.39 is 0 Å². The standard InChI is InChI=1S/C21H22FN3O2/c22-16-4-1-13(2-5-16)17-12-25(21(27)15-3-6-18(26)23-11-15)19-14-7-9-24(10-8-14)20(17)19/h1-6,11,14,17,19-20H,7-10,12H2,(H,23,26)/t17-,19+,20+/m1/s1. The molecular weight excluding hydrogens is 345 g/mol. The van der Waals surface area contributed by atoms with E-state index in [1.54, 1.807) is 6.07 Å². The van der Waals surface area contributed by atoms with Crippen LogP contribution in [0.5, 0.6) is 0 Å². The first kappa shape index (κ1) is 16.7. The Balaban J connectivity index is 1.52. The number of hydrogen-bond donors (Lipinski definition) is 1. The zero-order valence-electron chi connectivity index (χ0n) is 15.0. The van der Waals surface area contributed by atoms with Crippen molar-refractivity contribution in [1.82, 2.24) is 14.8 Å². The van der Waals surface area contributed by atoms with E-state index in [1.165, 1.54) is 24.4 Å². The molecule has 0 saturated carbocycles. The molecule has 1 amide bonds. The van der Waals surface area contributed by atoms with Crippen LogP contribution >= 0.6 is 0 Å². The predicted octanol–water partition coefficient (Wildman–Crippen LogP) is 2.22. The Bertz CT molecular complexity index is 897. The average Bonchev–Trinajstić information content (AvgIpc) is 3.12. The Morgan fingerprint density at radius 3 is 2.44 bits per heavy atom. The first-order valence-electron chi connectivity index (χ1n) is 9.61. The number of likely N-dealkylation sites (tertiary alicyclic amines) is 1. The third kappa shape index (κ3) is 2.70. The van der Waals surface area contributed by atoms with Crippen LogP contribution in [0.4, 0.5) is 4.39 Å². The van der Waals surface area contributed by atoms with E-state index in [-0.39, 0.29) is 35.3 Å². The number of aromatic amines is 1. The Kier molecular flexibility index (Phi) is 3.90. The number of halogens is 1. The van der Waals surface area contributed by atoms with Crippen molar-refractivity contribution in [2.75, 3.05) is 19.6 Å². The van der Waals surface area contributed by atoms with Gasteiger partial charge in [-0.1, -0.05) is 12.1 Å². The molecule has 140 valence electrons. The van der Waals surface area contributed by atoms with Gasteiger partial charge in [0.15, 0.2) is 0 Å². The number of hydrogen-bond acceptors (Lipinski definition) is 3. The summed E-state index contributed by atoms with van der Waals surface area (Å²) in [7, 11) is 0. The summed E-state index contributed by atoms with van der Waals surface area (Å²) in [6.07, 6.45) is 3.74. The molecular formula is C21H22FN3O2. The molecule has 6 rings (SSSR count). The molecule has 6 heteroatoms. The Morgan fingerprint density at radius 1 is 1.04 bits per heavy atom. The second kappa shape index (κ2) is 6.30. The van der Waals surface area contributed by atoms with E-state index in [4.69, 9.17) is 0 Å². The highest BCUT2D eigenvalue weighted by atomic mass is 19.1. The fourth-order valence-electron chi connectivity index (χ4n) is 5.37. The van der Waals surface area contributed by atoms with Gasteiger partial charge in [0.2, 0.25) is 5.56 Å². The van der Waals surface area contributed by atoms with E-state index in [0.717, 1.165) is 31.5 Å². The van der Waals surface area contributed by atoms with Gasteiger partial charge in [0, 0.05) is 30.8 Å². The highest BCUT2D eigenvalue weighted by Crippen LogP contribution is 2.46. The second-order valence-corrected chi connectivity index (χ2v) is 7.91. The summed E-state index contributed by atoms with van der Waals surface area (Å²) in [4.78, 5) is 31.7. The maximum absolute atomic E-state index is 13.4. The molecule has 1 N–H and O–H groups in total. The number of H-pyrrole nitrogens is 1. The summed E-state index contributed by atoms with van der Waals surface area (Å²) in [5.41, 5.74) is 1.40. The van der Waals surface area contributed by atoms with Gasteiger partial charge in [-0.3, -0.25) is 14.5 Å². The number of nitrogens with one attached hydrogen (secondary N) is 1. The van der Waals surface area contributed by atoms with Gasteiger partial charge >= 0.3 is 0 Å². The summed E-state index contributed by atoms with van der Waals surface area (Å²) < 4.78 is 13.4. The first-order chi connectivity index (χ1) is 13.1. The summed E-state index contributed by atoms with van der Waals surface area (Å²) in [6, 6.07) is 10.2. The number of aromatic nitrogens is 1. The molecule has 2 aromatic rings. The van der Waals surface area contributed by atoms with Gasteiger partial charge in [0.05, 0.1) is 11.6 Å². The fourth-order valence-corrected chi connectivity index (χ4v) is 5.37. The molecule has 4 fully saturated rings. The van der Waals surface area contributed by atoms with Crippen molar-refractivity contribution in [2.24, 2.45) is 5.92 Å². The van der Waals surface area contributed by atoms with E-state index in [2.05, 4.69) is 9.88 Å². The minimum absolute atomic E-state index is 0.0281. The van der Waals surface area contributed by atoms with Crippen LogP contribution in [-0.4, -0.2) is 52.4 Å². The van der Waals surface area contributed by atoms with Crippen molar-refractivity contribution in [3.8, 4) is 0 Å². The monoisotopic (exact) mass is 367 g/mol. The van der Waals surface area contributed by atoms with Gasteiger partial charge in [-0.05, 0) is 55.6 Å². The van der Waals surface area contributed by atoms with Crippen LogP contribution in [-0.2, 0) is 0 Å². The largest absolute Gasteiger partial charge is 0.333 e. The molecule has 5 heterocycles. The SMILES string of the molecule is O=C(c1ccc(=O)[nH]c1)N1C[C@H](c2ccc(F)cc2)[C@H]2[C@@H]1C1CCN2CC1. The maximum Gasteiger partial charge on any atom is 0.255 e. The summed E-state index contributed by atoms with van der Waals surface area (Å²) >= 11 is 0. The van der Waals surface area contributed by atoms with Crippen LogP contribution in [0.3, 0.4) is 0 Å². The number of piperidine rings is 3. The molecule has 5 nitrogen and oxygen atoms in total. The van der Waals surface area contributed by atoms with Gasteiger partial charge in [0.1, 0.15) is 5.82 Å². The lowest BCUT2D eigenvalue weighted by Crippen LogP contribution is -2.60. The highest BCUT2D eigenvalue weighted by molar-refractivity contribution is 5.94. The van der Waals surface area contributed by atoms with Crippen molar-refractivity contribution < 1.29 is 9.18 Å². The summed E-state index contributed by atoms with van der Waals surface area (Å²) in [6.45, 7) is 2.78. The maximum atomic E-state index is 13.4. The third-order valence-electron chi connectivity index (χ3n) is 6.58. The molecule has 0 unspecified atom stereocenters. The second-order valence-electron chi connectivity index (χ2n) is 7.91. The predicted molar refractivity (Wildman–Crippen MR) is 99.1 cm³/mol. The lowest BCUT2D eigenvalue weighted by Gasteiger charge is -2.51. The van der Waals surface area contributed by atoms with Crippen LogP contribution in [0.25, 0.3) is 0 Å². The van der Waals surface area contributed by atoms with E-state index in [9.17, 15) is 14.0 Å². The van der Waals surface area contributed by atoms with E-state index in [0.29, 0.717) is 18.0 Å². The molecule has 1 aromatic heterocycles. The molecule has 4 aliphatic rings. The Hall–Kier alpha value is -2.47. The van der Waals surface area contributed by atoms with Gasteiger partial charge in [-0.25, -0.2) is 4.39 Å². The number of carbonyl (C=O) groups excluding carboxylic acids is 1. The normalized spacial score (nSPS) is 31.7. The molecule has 0 radical (unpaired) electrons.